The van der Waals surface area contributed by atoms with Crippen LogP contribution >= 0.6 is 11.8 Å². The quantitative estimate of drug-likeness (QED) is 0.827. The van der Waals surface area contributed by atoms with E-state index in [9.17, 15) is 4.79 Å². The van der Waals surface area contributed by atoms with Gasteiger partial charge >= 0.3 is 0 Å². The van der Waals surface area contributed by atoms with Gasteiger partial charge in [0.1, 0.15) is 0 Å². The Balaban J connectivity index is 1.82. The summed E-state index contributed by atoms with van der Waals surface area (Å²) in [5.41, 5.74) is 0. The average Bonchev–Trinajstić information content (AvgIpc) is 2.75. The van der Waals surface area contributed by atoms with Gasteiger partial charge in [0.2, 0.25) is 5.91 Å². The van der Waals surface area contributed by atoms with Crippen molar-refractivity contribution in [2.24, 2.45) is 0 Å². The van der Waals surface area contributed by atoms with Crippen molar-refractivity contribution in [1.29, 1.82) is 0 Å². The van der Waals surface area contributed by atoms with Crippen LogP contribution in [0, 0.1) is 0 Å². The van der Waals surface area contributed by atoms with E-state index in [0.29, 0.717) is 11.3 Å². The molecule has 2 N–H and O–H groups in total. The van der Waals surface area contributed by atoms with Gasteiger partial charge in [0.15, 0.2) is 0 Å². The Kier molecular flexibility index (Phi) is 5.83. The van der Waals surface area contributed by atoms with E-state index >= 15 is 0 Å². The summed E-state index contributed by atoms with van der Waals surface area (Å²) in [6, 6.07) is 0.452. The first-order chi connectivity index (χ1) is 8.81. The molecule has 0 aromatic heterocycles. The van der Waals surface area contributed by atoms with Crippen molar-refractivity contribution in [3.8, 4) is 0 Å². The van der Waals surface area contributed by atoms with Crippen molar-refractivity contribution in [3.05, 3.63) is 0 Å². The number of thioether (sulfide) groups is 1. The molecule has 1 amide bonds. The summed E-state index contributed by atoms with van der Waals surface area (Å²) in [7, 11) is 0. The third kappa shape index (κ3) is 3.89. The molecular weight excluding hydrogens is 244 g/mol. The second-order valence-electron chi connectivity index (χ2n) is 5.53. The molecule has 0 spiro atoms. The highest BCUT2D eigenvalue weighted by molar-refractivity contribution is 7.99. The molecule has 0 bridgehead atoms. The van der Waals surface area contributed by atoms with Gasteiger partial charge in [-0.05, 0) is 38.5 Å². The van der Waals surface area contributed by atoms with Crippen LogP contribution in [0.25, 0.3) is 0 Å². The molecule has 3 unspecified atom stereocenters. The van der Waals surface area contributed by atoms with Gasteiger partial charge < -0.3 is 10.6 Å². The molecule has 2 rings (SSSR count). The number of hydrogen-bond acceptors (Lipinski definition) is 3. The minimum absolute atomic E-state index is 0.0495. The molecular formula is C14H26N2OS. The first kappa shape index (κ1) is 14.2. The molecule has 1 saturated carbocycles. The van der Waals surface area contributed by atoms with Crippen molar-refractivity contribution in [2.75, 3.05) is 12.8 Å². The fraction of sp³-hybridized carbons (Fsp3) is 0.929. The molecule has 3 nitrogen and oxygen atoms in total. The molecule has 4 heteroatoms. The van der Waals surface area contributed by atoms with Crippen LogP contribution in [0.3, 0.4) is 0 Å². The highest BCUT2D eigenvalue weighted by Gasteiger charge is 2.29. The van der Waals surface area contributed by atoms with E-state index in [0.717, 1.165) is 19.4 Å². The van der Waals surface area contributed by atoms with E-state index in [1.54, 1.807) is 0 Å². The summed E-state index contributed by atoms with van der Waals surface area (Å²) in [5, 5.41) is 7.31. The van der Waals surface area contributed by atoms with Gasteiger partial charge in [-0.1, -0.05) is 25.7 Å². The fourth-order valence-electron chi connectivity index (χ4n) is 3.09. The van der Waals surface area contributed by atoms with E-state index in [4.69, 9.17) is 0 Å². The molecule has 1 saturated heterocycles. The van der Waals surface area contributed by atoms with Gasteiger partial charge in [0, 0.05) is 11.3 Å². The third-order valence-electron chi connectivity index (χ3n) is 4.21. The number of rotatable bonds is 3. The Morgan fingerprint density at radius 2 is 1.94 bits per heavy atom. The van der Waals surface area contributed by atoms with Crippen LogP contribution in [0.1, 0.15) is 51.4 Å². The summed E-state index contributed by atoms with van der Waals surface area (Å²) in [6.45, 7) is 0.995. The Bertz CT molecular complexity index is 265. The van der Waals surface area contributed by atoms with Crippen LogP contribution in [-0.4, -0.2) is 36.0 Å². The van der Waals surface area contributed by atoms with E-state index in [-0.39, 0.29) is 11.9 Å². The van der Waals surface area contributed by atoms with Crippen LogP contribution in [0.5, 0.6) is 0 Å². The van der Waals surface area contributed by atoms with E-state index in [2.05, 4.69) is 16.9 Å². The summed E-state index contributed by atoms with van der Waals surface area (Å²) >= 11 is 1.90. The van der Waals surface area contributed by atoms with Gasteiger partial charge in [-0.15, -0.1) is 0 Å². The van der Waals surface area contributed by atoms with Crippen LogP contribution in [0.15, 0.2) is 0 Å². The smallest absolute Gasteiger partial charge is 0.237 e. The standard InChI is InChI=1S/C14H26N2OS/c1-18-13-9-6-8-11(13)16-14(17)12-7-4-2-3-5-10-15-12/h11-13,15H,2-10H2,1H3,(H,16,17). The molecule has 0 radical (unpaired) electrons. The lowest BCUT2D eigenvalue weighted by Crippen LogP contribution is -2.49. The normalized spacial score (nSPS) is 33.7. The molecule has 104 valence electrons. The maximum absolute atomic E-state index is 12.3. The number of nitrogens with one attached hydrogen (secondary N) is 2. The lowest BCUT2D eigenvalue weighted by molar-refractivity contribution is -0.124. The second-order valence-corrected chi connectivity index (χ2v) is 6.61. The Morgan fingerprint density at radius 1 is 1.11 bits per heavy atom. The zero-order valence-electron chi connectivity index (χ0n) is 11.4. The maximum atomic E-state index is 12.3. The predicted molar refractivity (Wildman–Crippen MR) is 78.0 cm³/mol. The van der Waals surface area contributed by atoms with Crippen molar-refractivity contribution in [2.45, 2.75) is 68.7 Å². The van der Waals surface area contributed by atoms with Gasteiger partial charge in [-0.2, -0.15) is 11.8 Å². The van der Waals surface area contributed by atoms with Gasteiger partial charge in [0.05, 0.1) is 6.04 Å². The molecule has 0 aromatic rings. The monoisotopic (exact) mass is 270 g/mol. The summed E-state index contributed by atoms with van der Waals surface area (Å²) in [4.78, 5) is 12.3. The highest BCUT2D eigenvalue weighted by atomic mass is 32.2. The molecule has 1 aliphatic carbocycles. The van der Waals surface area contributed by atoms with E-state index in [1.807, 2.05) is 11.8 Å². The largest absolute Gasteiger partial charge is 0.351 e. The highest BCUT2D eigenvalue weighted by Crippen LogP contribution is 2.28. The minimum Gasteiger partial charge on any atom is -0.351 e. The SMILES string of the molecule is CSC1CCCC1NC(=O)C1CCCCCCN1. The molecule has 2 aliphatic rings. The average molecular weight is 270 g/mol. The predicted octanol–water partition coefficient (Wildman–Crippen LogP) is 2.31. The van der Waals surface area contributed by atoms with Gasteiger partial charge in [-0.25, -0.2) is 0 Å². The lowest BCUT2D eigenvalue weighted by Gasteiger charge is -2.25. The number of carbonyl (C=O) groups excluding carboxylic acids is 1. The maximum Gasteiger partial charge on any atom is 0.237 e. The third-order valence-corrected chi connectivity index (χ3v) is 5.38. The first-order valence-electron chi connectivity index (χ1n) is 7.38. The zero-order chi connectivity index (χ0) is 12.8. The molecule has 3 atom stereocenters. The lowest BCUT2D eigenvalue weighted by atomic mass is 10.0. The van der Waals surface area contributed by atoms with Crippen LogP contribution in [0.4, 0.5) is 0 Å². The van der Waals surface area contributed by atoms with Gasteiger partial charge in [-0.3, -0.25) is 4.79 Å². The molecule has 1 heterocycles. The Labute approximate surface area is 115 Å². The van der Waals surface area contributed by atoms with Crippen molar-refractivity contribution in [3.63, 3.8) is 0 Å². The summed E-state index contributed by atoms with van der Waals surface area (Å²) in [5.74, 6) is 0.239. The minimum atomic E-state index is 0.0495. The van der Waals surface area contributed by atoms with Gasteiger partial charge in [0.25, 0.3) is 0 Å². The topological polar surface area (TPSA) is 41.1 Å². The molecule has 0 aromatic carbocycles. The summed E-state index contributed by atoms with van der Waals surface area (Å²) in [6.07, 6.45) is 11.8. The number of hydrogen-bond donors (Lipinski definition) is 2. The van der Waals surface area contributed by atoms with E-state index in [1.165, 1.54) is 38.5 Å². The fourth-order valence-corrected chi connectivity index (χ4v) is 4.02. The van der Waals surface area contributed by atoms with E-state index < -0.39 is 0 Å². The summed E-state index contributed by atoms with van der Waals surface area (Å²) < 4.78 is 0. The number of carbonyl (C=O) groups is 1. The molecule has 18 heavy (non-hydrogen) atoms. The zero-order valence-corrected chi connectivity index (χ0v) is 12.2. The van der Waals surface area contributed by atoms with Crippen LogP contribution in [0.2, 0.25) is 0 Å². The Morgan fingerprint density at radius 3 is 2.78 bits per heavy atom. The molecule has 1 aliphatic heterocycles. The van der Waals surface area contributed by atoms with Crippen LogP contribution < -0.4 is 10.6 Å². The molecule has 2 fully saturated rings. The van der Waals surface area contributed by atoms with Crippen molar-refractivity contribution in [1.82, 2.24) is 10.6 Å². The second kappa shape index (κ2) is 7.39. The number of amides is 1. The first-order valence-corrected chi connectivity index (χ1v) is 8.66. The Hall–Kier alpha value is -0.220. The van der Waals surface area contributed by atoms with Crippen molar-refractivity contribution >= 4 is 17.7 Å². The van der Waals surface area contributed by atoms with Crippen LogP contribution in [-0.2, 0) is 4.79 Å². The van der Waals surface area contributed by atoms with Crippen molar-refractivity contribution < 1.29 is 4.79 Å².